The highest BCUT2D eigenvalue weighted by atomic mass is 19.2. The average Bonchev–Trinajstić information content (AvgIpc) is 2.48. The first-order valence-electron chi connectivity index (χ1n) is 7.97. The van der Waals surface area contributed by atoms with Crippen LogP contribution >= 0.6 is 0 Å². The number of nitrogens with zero attached hydrogens (tertiary/aromatic N) is 1. The Morgan fingerprint density at radius 1 is 1.36 bits per heavy atom. The molecule has 0 bridgehead atoms. The van der Waals surface area contributed by atoms with Gasteiger partial charge in [0.2, 0.25) is 5.91 Å². The fraction of sp³-hybridized carbons (Fsp3) is 0.588. The van der Waals surface area contributed by atoms with Crippen LogP contribution in [0.4, 0.5) is 8.78 Å². The molecule has 1 fully saturated rings. The smallest absolute Gasteiger partial charge is 0.220 e. The largest absolute Gasteiger partial charge is 0.355 e. The summed E-state index contributed by atoms with van der Waals surface area (Å²) in [4.78, 5) is 14.2. The molecule has 2 rings (SSSR count). The number of hydrogen-bond donors (Lipinski definition) is 1. The number of benzene rings is 1. The first-order valence-corrected chi connectivity index (χ1v) is 7.97. The Morgan fingerprint density at radius 3 is 2.91 bits per heavy atom. The third-order valence-electron chi connectivity index (χ3n) is 4.12. The van der Waals surface area contributed by atoms with Crippen molar-refractivity contribution in [2.24, 2.45) is 5.92 Å². The Kier molecular flexibility index (Phi) is 6.31. The fourth-order valence-electron chi connectivity index (χ4n) is 2.88. The predicted molar refractivity (Wildman–Crippen MR) is 82.5 cm³/mol. The van der Waals surface area contributed by atoms with Crippen LogP contribution in [-0.2, 0) is 11.2 Å². The van der Waals surface area contributed by atoms with Crippen LogP contribution in [0.25, 0.3) is 0 Å². The molecule has 122 valence electrons. The summed E-state index contributed by atoms with van der Waals surface area (Å²) in [6, 6.07) is 3.76. The van der Waals surface area contributed by atoms with E-state index in [9.17, 15) is 13.6 Å². The molecule has 1 amide bonds. The molecule has 1 aromatic rings. The summed E-state index contributed by atoms with van der Waals surface area (Å²) in [5.41, 5.74) is 0.638. The van der Waals surface area contributed by atoms with Gasteiger partial charge in [0.1, 0.15) is 0 Å². The van der Waals surface area contributed by atoms with Crippen molar-refractivity contribution in [3.8, 4) is 0 Å². The van der Waals surface area contributed by atoms with E-state index in [0.717, 1.165) is 37.7 Å². The lowest BCUT2D eigenvalue weighted by Gasteiger charge is -2.30. The minimum absolute atomic E-state index is 0.0465. The minimum atomic E-state index is -0.864. The average molecular weight is 310 g/mol. The Hall–Kier alpha value is -1.49. The van der Waals surface area contributed by atoms with E-state index in [1.807, 2.05) is 0 Å². The highest BCUT2D eigenvalue weighted by Gasteiger charge is 2.15. The van der Waals surface area contributed by atoms with Gasteiger partial charge in [-0.3, -0.25) is 4.79 Å². The molecular formula is C17H24F2N2O. The maximum atomic E-state index is 13.1. The van der Waals surface area contributed by atoms with Crippen LogP contribution in [0, 0.1) is 17.6 Å². The molecule has 1 N–H and O–H groups in total. The number of hydrogen-bond acceptors (Lipinski definition) is 2. The SMILES string of the molecule is CC1CCCN(CCNC(=O)CCc2ccc(F)c(F)c2)C1. The molecule has 1 heterocycles. The highest BCUT2D eigenvalue weighted by molar-refractivity contribution is 5.76. The number of nitrogens with one attached hydrogen (secondary N) is 1. The van der Waals surface area contributed by atoms with Crippen LogP contribution < -0.4 is 5.32 Å². The first-order chi connectivity index (χ1) is 10.5. The monoisotopic (exact) mass is 310 g/mol. The molecule has 1 aliphatic heterocycles. The fourth-order valence-corrected chi connectivity index (χ4v) is 2.88. The molecular weight excluding hydrogens is 286 g/mol. The van der Waals surface area contributed by atoms with Crippen molar-refractivity contribution >= 4 is 5.91 Å². The Labute approximate surface area is 130 Å². The third-order valence-corrected chi connectivity index (χ3v) is 4.12. The maximum Gasteiger partial charge on any atom is 0.220 e. The van der Waals surface area contributed by atoms with Gasteiger partial charge >= 0.3 is 0 Å². The number of halogens is 2. The van der Waals surface area contributed by atoms with Crippen LogP contribution in [0.15, 0.2) is 18.2 Å². The molecule has 1 aliphatic rings. The van der Waals surface area contributed by atoms with Gasteiger partial charge in [-0.2, -0.15) is 0 Å². The second-order valence-electron chi connectivity index (χ2n) is 6.15. The van der Waals surface area contributed by atoms with Crippen molar-refractivity contribution in [1.29, 1.82) is 0 Å². The number of amides is 1. The number of carbonyl (C=O) groups excluding carboxylic acids is 1. The van der Waals surface area contributed by atoms with E-state index in [4.69, 9.17) is 0 Å². The number of likely N-dealkylation sites (tertiary alicyclic amines) is 1. The predicted octanol–water partition coefficient (Wildman–Crippen LogP) is 2.75. The number of carbonyl (C=O) groups is 1. The Balaban J connectivity index is 1.64. The number of piperidine rings is 1. The van der Waals surface area contributed by atoms with E-state index >= 15 is 0 Å². The molecule has 3 nitrogen and oxygen atoms in total. The van der Waals surface area contributed by atoms with Crippen LogP contribution in [-0.4, -0.2) is 37.0 Å². The van der Waals surface area contributed by atoms with Gasteiger partial charge in [0.05, 0.1) is 0 Å². The van der Waals surface area contributed by atoms with Gasteiger partial charge in [0.15, 0.2) is 11.6 Å². The van der Waals surface area contributed by atoms with Gasteiger partial charge in [-0.25, -0.2) is 8.78 Å². The Bertz CT molecular complexity index is 507. The summed E-state index contributed by atoms with van der Waals surface area (Å²) < 4.78 is 25.9. The molecule has 1 unspecified atom stereocenters. The van der Waals surface area contributed by atoms with Gasteiger partial charge in [0, 0.05) is 26.1 Å². The van der Waals surface area contributed by atoms with E-state index in [2.05, 4.69) is 17.1 Å². The van der Waals surface area contributed by atoms with Crippen molar-refractivity contribution < 1.29 is 13.6 Å². The lowest BCUT2D eigenvalue weighted by molar-refractivity contribution is -0.121. The van der Waals surface area contributed by atoms with Gasteiger partial charge < -0.3 is 10.2 Å². The molecule has 0 saturated carbocycles. The topological polar surface area (TPSA) is 32.3 Å². The van der Waals surface area contributed by atoms with Crippen molar-refractivity contribution in [3.05, 3.63) is 35.4 Å². The van der Waals surface area contributed by atoms with E-state index in [1.54, 1.807) is 0 Å². The summed E-state index contributed by atoms with van der Waals surface area (Å²) in [5.74, 6) is -1.03. The van der Waals surface area contributed by atoms with Crippen LogP contribution in [0.3, 0.4) is 0 Å². The molecule has 1 aromatic carbocycles. The van der Waals surface area contributed by atoms with Gasteiger partial charge in [-0.05, 0) is 49.4 Å². The number of aryl methyl sites for hydroxylation is 1. The van der Waals surface area contributed by atoms with E-state index < -0.39 is 11.6 Å². The lowest BCUT2D eigenvalue weighted by atomic mass is 10.0. The van der Waals surface area contributed by atoms with Crippen molar-refractivity contribution in [1.82, 2.24) is 10.2 Å². The summed E-state index contributed by atoms with van der Waals surface area (Å²) in [6.45, 7) is 5.98. The van der Waals surface area contributed by atoms with Crippen molar-refractivity contribution in [3.63, 3.8) is 0 Å². The minimum Gasteiger partial charge on any atom is -0.355 e. The van der Waals surface area contributed by atoms with Crippen LogP contribution in [0.5, 0.6) is 0 Å². The van der Waals surface area contributed by atoms with Gasteiger partial charge in [0.25, 0.3) is 0 Å². The molecule has 0 radical (unpaired) electrons. The summed E-state index contributed by atoms with van der Waals surface area (Å²) in [7, 11) is 0. The van der Waals surface area contributed by atoms with Gasteiger partial charge in [-0.1, -0.05) is 13.0 Å². The first kappa shape index (κ1) is 16.9. The maximum absolute atomic E-state index is 13.1. The highest BCUT2D eigenvalue weighted by Crippen LogP contribution is 2.14. The third kappa shape index (κ3) is 5.37. The molecule has 0 aliphatic carbocycles. The quantitative estimate of drug-likeness (QED) is 0.876. The van der Waals surface area contributed by atoms with E-state index in [1.165, 1.54) is 18.9 Å². The van der Waals surface area contributed by atoms with Crippen LogP contribution in [0.2, 0.25) is 0 Å². The zero-order valence-corrected chi connectivity index (χ0v) is 13.1. The van der Waals surface area contributed by atoms with Crippen molar-refractivity contribution in [2.75, 3.05) is 26.2 Å². The molecule has 5 heteroatoms. The zero-order chi connectivity index (χ0) is 15.9. The summed E-state index contributed by atoms with van der Waals surface area (Å²) in [5, 5.41) is 2.89. The second kappa shape index (κ2) is 8.22. The molecule has 1 atom stereocenters. The van der Waals surface area contributed by atoms with Crippen molar-refractivity contribution in [2.45, 2.75) is 32.6 Å². The van der Waals surface area contributed by atoms with Crippen LogP contribution in [0.1, 0.15) is 31.7 Å². The molecule has 0 aromatic heterocycles. The lowest BCUT2D eigenvalue weighted by Crippen LogP contribution is -2.40. The summed E-state index contributed by atoms with van der Waals surface area (Å²) in [6.07, 6.45) is 3.23. The molecule has 0 spiro atoms. The Morgan fingerprint density at radius 2 is 2.18 bits per heavy atom. The summed E-state index contributed by atoms with van der Waals surface area (Å²) >= 11 is 0. The number of rotatable bonds is 6. The normalized spacial score (nSPS) is 19.1. The molecule has 1 saturated heterocycles. The molecule has 22 heavy (non-hydrogen) atoms. The zero-order valence-electron chi connectivity index (χ0n) is 13.1. The van der Waals surface area contributed by atoms with E-state index in [-0.39, 0.29) is 5.91 Å². The van der Waals surface area contributed by atoms with E-state index in [0.29, 0.717) is 24.9 Å². The standard InChI is InChI=1S/C17H24F2N2O/c1-13-3-2-9-21(12-13)10-8-20-17(22)7-5-14-4-6-15(18)16(19)11-14/h4,6,11,13H,2-3,5,7-10,12H2,1H3,(H,20,22). The second-order valence-corrected chi connectivity index (χ2v) is 6.15. The van der Waals surface area contributed by atoms with Gasteiger partial charge in [-0.15, -0.1) is 0 Å².